The number of hydrogen-bond acceptors (Lipinski definition) is 2. The van der Waals surface area contributed by atoms with Gasteiger partial charge in [0, 0.05) is 18.0 Å². The summed E-state index contributed by atoms with van der Waals surface area (Å²) in [5.41, 5.74) is -0.197. The van der Waals surface area contributed by atoms with Gasteiger partial charge in [-0.1, -0.05) is 20.3 Å². The second-order valence-corrected chi connectivity index (χ2v) is 7.66. The number of rotatable bonds is 2. The third-order valence-corrected chi connectivity index (χ3v) is 6.12. The van der Waals surface area contributed by atoms with Crippen LogP contribution in [-0.2, 0) is 4.79 Å². The molecule has 0 aromatic carbocycles. The van der Waals surface area contributed by atoms with Gasteiger partial charge in [-0.2, -0.15) is 0 Å². The van der Waals surface area contributed by atoms with Crippen LogP contribution >= 0.6 is 0 Å². The standard InChI is InChI=1S/C17H30N2O/c1-17(2,14-8-4-10-18-12-14)16(20)19-11-5-7-13-6-3-9-15(13)19/h13-15,18H,3-12H2,1-2H3. The number of amides is 1. The van der Waals surface area contributed by atoms with Crippen molar-refractivity contribution < 1.29 is 4.79 Å². The highest BCUT2D eigenvalue weighted by atomic mass is 16.2. The monoisotopic (exact) mass is 278 g/mol. The van der Waals surface area contributed by atoms with Crippen molar-refractivity contribution in [2.75, 3.05) is 19.6 Å². The second kappa shape index (κ2) is 5.67. The predicted molar refractivity (Wildman–Crippen MR) is 81.5 cm³/mol. The quantitative estimate of drug-likeness (QED) is 0.842. The minimum absolute atomic E-state index is 0.197. The highest BCUT2D eigenvalue weighted by molar-refractivity contribution is 5.82. The Bertz CT molecular complexity index is 360. The van der Waals surface area contributed by atoms with Crippen molar-refractivity contribution in [2.24, 2.45) is 17.3 Å². The molecule has 20 heavy (non-hydrogen) atoms. The number of likely N-dealkylation sites (tertiary alicyclic amines) is 1. The van der Waals surface area contributed by atoms with Gasteiger partial charge < -0.3 is 10.2 Å². The van der Waals surface area contributed by atoms with Crippen LogP contribution in [0.15, 0.2) is 0 Å². The number of nitrogens with zero attached hydrogens (tertiary/aromatic N) is 1. The molecule has 1 aliphatic carbocycles. The fraction of sp³-hybridized carbons (Fsp3) is 0.941. The molecule has 114 valence electrons. The molecule has 2 heterocycles. The molecule has 0 bridgehead atoms. The molecule has 1 saturated carbocycles. The number of piperidine rings is 2. The largest absolute Gasteiger partial charge is 0.339 e. The molecule has 1 amide bonds. The average Bonchev–Trinajstić information content (AvgIpc) is 2.95. The highest BCUT2D eigenvalue weighted by Gasteiger charge is 2.45. The predicted octanol–water partition coefficient (Wildman–Crippen LogP) is 2.80. The van der Waals surface area contributed by atoms with E-state index in [1.54, 1.807) is 0 Å². The molecular weight excluding hydrogens is 248 g/mol. The Morgan fingerprint density at radius 1 is 1.10 bits per heavy atom. The molecule has 1 N–H and O–H groups in total. The number of hydrogen-bond donors (Lipinski definition) is 1. The topological polar surface area (TPSA) is 32.3 Å². The fourth-order valence-corrected chi connectivity index (χ4v) is 4.72. The van der Waals surface area contributed by atoms with E-state index in [1.165, 1.54) is 44.9 Å². The third-order valence-electron chi connectivity index (χ3n) is 6.12. The molecule has 2 aliphatic heterocycles. The molecule has 0 spiro atoms. The second-order valence-electron chi connectivity index (χ2n) is 7.66. The lowest BCUT2D eigenvalue weighted by Crippen LogP contribution is -2.54. The van der Waals surface area contributed by atoms with E-state index in [1.807, 2.05) is 0 Å². The Balaban J connectivity index is 1.72. The Labute approximate surface area is 123 Å². The van der Waals surface area contributed by atoms with Crippen molar-refractivity contribution in [3.8, 4) is 0 Å². The lowest BCUT2D eigenvalue weighted by Gasteiger charge is -2.45. The number of carbonyl (C=O) groups is 1. The first-order chi connectivity index (χ1) is 9.60. The molecule has 0 radical (unpaired) electrons. The van der Waals surface area contributed by atoms with Crippen molar-refractivity contribution >= 4 is 5.91 Å². The van der Waals surface area contributed by atoms with Crippen LogP contribution in [0.1, 0.15) is 58.8 Å². The van der Waals surface area contributed by atoms with Crippen LogP contribution < -0.4 is 5.32 Å². The van der Waals surface area contributed by atoms with E-state index in [-0.39, 0.29) is 5.41 Å². The van der Waals surface area contributed by atoms with Crippen molar-refractivity contribution in [1.29, 1.82) is 0 Å². The van der Waals surface area contributed by atoms with Crippen LogP contribution in [0.2, 0.25) is 0 Å². The van der Waals surface area contributed by atoms with Gasteiger partial charge >= 0.3 is 0 Å². The zero-order chi connectivity index (χ0) is 14.2. The number of nitrogens with one attached hydrogen (secondary N) is 1. The van der Waals surface area contributed by atoms with Crippen LogP contribution in [0.25, 0.3) is 0 Å². The summed E-state index contributed by atoms with van der Waals surface area (Å²) in [6, 6.07) is 0.562. The van der Waals surface area contributed by atoms with Crippen LogP contribution in [0.3, 0.4) is 0 Å². The normalized spacial score (nSPS) is 34.9. The summed E-state index contributed by atoms with van der Waals surface area (Å²) in [6.07, 6.45) is 8.90. The van der Waals surface area contributed by atoms with Crippen LogP contribution in [0.4, 0.5) is 0 Å². The molecule has 3 nitrogen and oxygen atoms in total. The maximum atomic E-state index is 13.2. The molecule has 3 atom stereocenters. The van der Waals surface area contributed by atoms with Crippen molar-refractivity contribution in [1.82, 2.24) is 10.2 Å². The Hall–Kier alpha value is -0.570. The molecule has 2 saturated heterocycles. The maximum Gasteiger partial charge on any atom is 0.228 e. The van der Waals surface area contributed by atoms with E-state index in [2.05, 4.69) is 24.1 Å². The summed E-state index contributed by atoms with van der Waals surface area (Å²) in [4.78, 5) is 15.4. The molecule has 0 aromatic rings. The van der Waals surface area contributed by atoms with E-state index in [9.17, 15) is 4.79 Å². The van der Waals surface area contributed by atoms with E-state index < -0.39 is 0 Å². The van der Waals surface area contributed by atoms with Crippen LogP contribution in [0, 0.1) is 17.3 Å². The smallest absolute Gasteiger partial charge is 0.228 e. The van der Waals surface area contributed by atoms with Gasteiger partial charge in [-0.3, -0.25) is 4.79 Å². The summed E-state index contributed by atoms with van der Waals surface area (Å²) in [5.74, 6) is 1.74. The molecule has 3 fully saturated rings. The lowest BCUT2D eigenvalue weighted by atomic mass is 9.73. The maximum absolute atomic E-state index is 13.2. The van der Waals surface area contributed by atoms with E-state index in [0.29, 0.717) is 17.9 Å². The lowest BCUT2D eigenvalue weighted by molar-refractivity contribution is -0.148. The average molecular weight is 278 g/mol. The minimum atomic E-state index is -0.197. The van der Waals surface area contributed by atoms with Crippen LogP contribution in [0.5, 0.6) is 0 Å². The summed E-state index contributed by atoms with van der Waals surface area (Å²) in [5, 5.41) is 3.47. The highest BCUT2D eigenvalue weighted by Crippen LogP contribution is 2.41. The number of carbonyl (C=O) groups excluding carboxylic acids is 1. The van der Waals surface area contributed by atoms with Crippen molar-refractivity contribution in [3.05, 3.63) is 0 Å². The van der Waals surface area contributed by atoms with Crippen molar-refractivity contribution in [2.45, 2.75) is 64.8 Å². The minimum Gasteiger partial charge on any atom is -0.339 e. The van der Waals surface area contributed by atoms with Crippen LogP contribution in [-0.4, -0.2) is 36.5 Å². The first kappa shape index (κ1) is 14.4. The summed E-state index contributed by atoms with van der Waals surface area (Å²) in [7, 11) is 0. The van der Waals surface area contributed by atoms with E-state index >= 15 is 0 Å². The van der Waals surface area contributed by atoms with Gasteiger partial charge in [0.2, 0.25) is 5.91 Å². The molecule has 0 aromatic heterocycles. The van der Waals surface area contributed by atoms with Gasteiger partial charge in [0.1, 0.15) is 0 Å². The summed E-state index contributed by atoms with van der Waals surface area (Å²) in [6.45, 7) is 7.51. The first-order valence-corrected chi connectivity index (χ1v) is 8.62. The van der Waals surface area contributed by atoms with Gasteiger partial charge in [0.25, 0.3) is 0 Å². The first-order valence-electron chi connectivity index (χ1n) is 8.62. The van der Waals surface area contributed by atoms with Gasteiger partial charge in [-0.25, -0.2) is 0 Å². The SMILES string of the molecule is CC(C)(C(=O)N1CCCC2CCCC21)C1CCCNC1. The zero-order valence-corrected chi connectivity index (χ0v) is 13.2. The van der Waals surface area contributed by atoms with E-state index in [0.717, 1.165) is 25.6 Å². The van der Waals surface area contributed by atoms with E-state index in [4.69, 9.17) is 0 Å². The zero-order valence-electron chi connectivity index (χ0n) is 13.2. The van der Waals surface area contributed by atoms with Gasteiger partial charge in [0.05, 0.1) is 0 Å². The fourth-order valence-electron chi connectivity index (χ4n) is 4.72. The van der Waals surface area contributed by atoms with Gasteiger partial charge in [0.15, 0.2) is 0 Å². The Morgan fingerprint density at radius 2 is 1.90 bits per heavy atom. The molecule has 3 heteroatoms. The molecule has 3 rings (SSSR count). The number of fused-ring (bicyclic) bond motifs is 1. The molecule has 3 unspecified atom stereocenters. The van der Waals surface area contributed by atoms with Gasteiger partial charge in [-0.05, 0) is 63.5 Å². The Morgan fingerprint density at radius 3 is 2.65 bits per heavy atom. The summed E-state index contributed by atoms with van der Waals surface area (Å²) < 4.78 is 0. The summed E-state index contributed by atoms with van der Waals surface area (Å²) >= 11 is 0. The Kier molecular flexibility index (Phi) is 4.07. The molecule has 3 aliphatic rings. The van der Waals surface area contributed by atoms with Gasteiger partial charge in [-0.15, -0.1) is 0 Å². The molecular formula is C17H30N2O. The third kappa shape index (κ3) is 2.49. The van der Waals surface area contributed by atoms with Crippen molar-refractivity contribution in [3.63, 3.8) is 0 Å².